The predicted octanol–water partition coefficient (Wildman–Crippen LogP) is 3.66. The van der Waals surface area contributed by atoms with E-state index in [1.807, 2.05) is 0 Å². The van der Waals surface area contributed by atoms with Crippen molar-refractivity contribution in [2.75, 3.05) is 6.54 Å². The first-order chi connectivity index (χ1) is 10.0. The van der Waals surface area contributed by atoms with Gasteiger partial charge in [0.2, 0.25) is 11.7 Å². The number of piperidine rings is 1. The van der Waals surface area contributed by atoms with Gasteiger partial charge >= 0.3 is 0 Å². The molecular weight excluding hydrogens is 276 g/mol. The minimum absolute atomic E-state index is 0.0536. The summed E-state index contributed by atoms with van der Waals surface area (Å²) in [6.07, 6.45) is 3.22. The molecule has 2 aromatic rings. The van der Waals surface area contributed by atoms with Crippen LogP contribution in [0.5, 0.6) is 0 Å². The fraction of sp³-hybridized carbons (Fsp3) is 0.467. The Bertz CT molecular complexity index is 615. The maximum absolute atomic E-state index is 13.4. The molecule has 0 bridgehead atoms. The highest BCUT2D eigenvalue weighted by atomic mass is 19.3. The Balaban J connectivity index is 1.86. The quantitative estimate of drug-likeness (QED) is 0.938. The minimum atomic E-state index is -2.88. The third kappa shape index (κ3) is 3.10. The van der Waals surface area contributed by atoms with Crippen LogP contribution >= 0.6 is 0 Å². The third-order valence-corrected chi connectivity index (χ3v) is 3.68. The fourth-order valence-corrected chi connectivity index (χ4v) is 2.49. The Morgan fingerprint density at radius 1 is 1.33 bits per heavy atom. The average Bonchev–Trinajstić information content (AvgIpc) is 2.97. The third-order valence-electron chi connectivity index (χ3n) is 3.68. The molecule has 1 saturated heterocycles. The molecule has 0 aliphatic carbocycles. The van der Waals surface area contributed by atoms with E-state index in [9.17, 15) is 8.78 Å². The number of hydrogen-bond acceptors (Lipinski definition) is 4. The monoisotopic (exact) mass is 293 g/mol. The molecule has 1 aromatic carbocycles. The van der Waals surface area contributed by atoms with E-state index >= 15 is 0 Å². The van der Waals surface area contributed by atoms with Crippen LogP contribution in [0.2, 0.25) is 0 Å². The van der Waals surface area contributed by atoms with Gasteiger partial charge in [0, 0.05) is 18.1 Å². The molecule has 0 saturated carbocycles. The van der Waals surface area contributed by atoms with E-state index in [0.29, 0.717) is 17.3 Å². The summed E-state index contributed by atoms with van der Waals surface area (Å²) in [6.45, 7) is 1.81. The number of benzene rings is 1. The lowest BCUT2D eigenvalue weighted by Crippen LogP contribution is -2.26. The van der Waals surface area contributed by atoms with Crippen LogP contribution in [0.25, 0.3) is 11.4 Å². The number of alkyl halides is 2. The lowest BCUT2D eigenvalue weighted by Gasteiger charge is -2.19. The van der Waals surface area contributed by atoms with Crippen molar-refractivity contribution < 1.29 is 13.3 Å². The van der Waals surface area contributed by atoms with Gasteiger partial charge in [-0.1, -0.05) is 29.8 Å². The van der Waals surface area contributed by atoms with Crippen LogP contribution in [0.4, 0.5) is 8.78 Å². The highest BCUT2D eigenvalue weighted by molar-refractivity contribution is 5.55. The van der Waals surface area contributed by atoms with Crippen LogP contribution in [0.1, 0.15) is 43.7 Å². The Labute approximate surface area is 121 Å². The van der Waals surface area contributed by atoms with Gasteiger partial charge in [-0.2, -0.15) is 4.98 Å². The van der Waals surface area contributed by atoms with Gasteiger partial charge in [-0.3, -0.25) is 0 Å². The van der Waals surface area contributed by atoms with E-state index in [1.165, 1.54) is 12.1 Å². The van der Waals surface area contributed by atoms with Gasteiger partial charge in [-0.25, -0.2) is 8.78 Å². The van der Waals surface area contributed by atoms with Crippen molar-refractivity contribution >= 4 is 0 Å². The number of aromatic nitrogens is 2. The van der Waals surface area contributed by atoms with Crippen LogP contribution in [0.3, 0.4) is 0 Å². The molecule has 1 aliphatic heterocycles. The standard InChI is InChI=1S/C15H17F2N3O/c1-15(16,17)11-6-4-5-10(9-11)13-19-14(21-20-13)12-7-2-3-8-18-12/h4-6,9,12,18H,2-3,7-8H2,1H3/t12-/m0/s1. The number of rotatable bonds is 3. The Hall–Kier alpha value is -1.82. The van der Waals surface area contributed by atoms with Crippen LogP contribution in [0.15, 0.2) is 28.8 Å². The number of nitrogens with zero attached hydrogens (tertiary/aromatic N) is 2. The summed E-state index contributed by atoms with van der Waals surface area (Å²) in [5.74, 6) is -2.00. The van der Waals surface area contributed by atoms with Crippen LogP contribution in [-0.4, -0.2) is 16.7 Å². The Morgan fingerprint density at radius 3 is 2.90 bits per heavy atom. The van der Waals surface area contributed by atoms with E-state index in [2.05, 4.69) is 15.5 Å². The molecule has 2 heterocycles. The first-order valence-corrected chi connectivity index (χ1v) is 7.10. The van der Waals surface area contributed by atoms with E-state index in [0.717, 1.165) is 32.7 Å². The molecular formula is C15H17F2N3O. The number of nitrogens with one attached hydrogen (secondary N) is 1. The minimum Gasteiger partial charge on any atom is -0.337 e. The van der Waals surface area contributed by atoms with Crippen LogP contribution < -0.4 is 5.32 Å². The molecule has 1 aliphatic rings. The molecule has 4 nitrogen and oxygen atoms in total. The molecule has 3 rings (SSSR count). The molecule has 21 heavy (non-hydrogen) atoms. The molecule has 0 radical (unpaired) electrons. The average molecular weight is 293 g/mol. The molecule has 0 amide bonds. The maximum Gasteiger partial charge on any atom is 0.270 e. The van der Waals surface area contributed by atoms with Crippen LogP contribution in [0, 0.1) is 0 Å². The van der Waals surface area contributed by atoms with E-state index in [4.69, 9.17) is 4.52 Å². The molecule has 1 atom stereocenters. The second-order valence-corrected chi connectivity index (χ2v) is 5.43. The summed E-state index contributed by atoms with van der Waals surface area (Å²) in [4.78, 5) is 4.34. The smallest absolute Gasteiger partial charge is 0.270 e. The molecule has 0 spiro atoms. The largest absolute Gasteiger partial charge is 0.337 e. The molecule has 1 aromatic heterocycles. The van der Waals surface area contributed by atoms with E-state index in [-0.39, 0.29) is 11.6 Å². The molecule has 1 fully saturated rings. The second-order valence-electron chi connectivity index (χ2n) is 5.43. The summed E-state index contributed by atoms with van der Waals surface area (Å²) in [5.41, 5.74) is 0.488. The molecule has 0 unspecified atom stereocenters. The second kappa shape index (κ2) is 5.52. The summed E-state index contributed by atoms with van der Waals surface area (Å²) in [7, 11) is 0. The van der Waals surface area contributed by atoms with Crippen molar-refractivity contribution in [3.8, 4) is 11.4 Å². The number of halogens is 2. The summed E-state index contributed by atoms with van der Waals surface area (Å²) in [6, 6.07) is 6.15. The van der Waals surface area contributed by atoms with Gasteiger partial charge in [0.25, 0.3) is 5.92 Å². The van der Waals surface area contributed by atoms with Gasteiger partial charge in [0.05, 0.1) is 6.04 Å². The van der Waals surface area contributed by atoms with E-state index < -0.39 is 5.92 Å². The first kappa shape index (κ1) is 14.1. The lowest BCUT2D eigenvalue weighted by molar-refractivity contribution is 0.0175. The first-order valence-electron chi connectivity index (χ1n) is 7.10. The summed E-state index contributed by atoms with van der Waals surface area (Å²) >= 11 is 0. The SMILES string of the molecule is CC(F)(F)c1cccc(-c2noc([C@@H]3CCCCN3)n2)c1. The fourth-order valence-electron chi connectivity index (χ4n) is 2.49. The van der Waals surface area contributed by atoms with Gasteiger partial charge < -0.3 is 9.84 Å². The van der Waals surface area contributed by atoms with Crippen molar-refractivity contribution in [3.63, 3.8) is 0 Å². The maximum atomic E-state index is 13.4. The molecule has 112 valence electrons. The zero-order chi connectivity index (χ0) is 14.9. The topological polar surface area (TPSA) is 51.0 Å². The van der Waals surface area contributed by atoms with Gasteiger partial charge in [0.15, 0.2) is 0 Å². The summed E-state index contributed by atoms with van der Waals surface area (Å²) in [5, 5.41) is 7.23. The van der Waals surface area contributed by atoms with Crippen molar-refractivity contribution in [2.45, 2.75) is 38.2 Å². The van der Waals surface area contributed by atoms with Gasteiger partial charge in [0.1, 0.15) is 0 Å². The normalized spacial score (nSPS) is 19.7. The van der Waals surface area contributed by atoms with Crippen LogP contribution in [-0.2, 0) is 5.92 Å². The van der Waals surface area contributed by atoms with Crippen molar-refractivity contribution in [1.82, 2.24) is 15.5 Å². The summed E-state index contributed by atoms with van der Waals surface area (Å²) < 4.78 is 32.0. The molecule has 6 heteroatoms. The number of hydrogen-bond donors (Lipinski definition) is 1. The van der Waals surface area contributed by atoms with Crippen molar-refractivity contribution in [3.05, 3.63) is 35.7 Å². The van der Waals surface area contributed by atoms with Gasteiger partial charge in [-0.15, -0.1) is 0 Å². The predicted molar refractivity (Wildman–Crippen MR) is 73.9 cm³/mol. The van der Waals surface area contributed by atoms with Gasteiger partial charge in [-0.05, 0) is 25.5 Å². The van der Waals surface area contributed by atoms with E-state index in [1.54, 1.807) is 12.1 Å². The van der Waals surface area contributed by atoms with Crippen molar-refractivity contribution in [1.29, 1.82) is 0 Å². The highest BCUT2D eigenvalue weighted by Crippen LogP contribution is 2.30. The zero-order valence-corrected chi connectivity index (χ0v) is 11.8. The Morgan fingerprint density at radius 2 is 2.19 bits per heavy atom. The van der Waals surface area contributed by atoms with Crippen molar-refractivity contribution in [2.24, 2.45) is 0 Å². The Kier molecular flexibility index (Phi) is 3.71. The highest BCUT2D eigenvalue weighted by Gasteiger charge is 2.25. The molecule has 1 N–H and O–H groups in total. The lowest BCUT2D eigenvalue weighted by atomic mass is 10.0. The zero-order valence-electron chi connectivity index (χ0n) is 11.8.